The van der Waals surface area contributed by atoms with Gasteiger partial charge in [-0.15, -0.1) is 0 Å². The normalized spacial score (nSPS) is 25.6. The molecule has 1 heterocycles. The lowest BCUT2D eigenvalue weighted by molar-refractivity contribution is -0.119. The van der Waals surface area contributed by atoms with Gasteiger partial charge in [-0.25, -0.2) is 4.39 Å². The Morgan fingerprint density at radius 2 is 2.20 bits per heavy atom. The van der Waals surface area contributed by atoms with E-state index in [2.05, 4.69) is 0 Å². The van der Waals surface area contributed by atoms with Crippen LogP contribution in [0.1, 0.15) is 18.0 Å². The molecule has 1 amide bonds. The van der Waals surface area contributed by atoms with Gasteiger partial charge < -0.3 is 10.0 Å². The third kappa shape index (κ3) is 1.85. The maximum absolute atomic E-state index is 13.5. The lowest BCUT2D eigenvalue weighted by atomic mass is 10.0. The molecule has 0 bridgehead atoms. The molecule has 1 fully saturated rings. The van der Waals surface area contributed by atoms with Crippen LogP contribution in [0.4, 0.5) is 4.39 Å². The Morgan fingerprint density at radius 1 is 1.47 bits per heavy atom. The molecule has 1 unspecified atom stereocenters. The van der Waals surface area contributed by atoms with Crippen LogP contribution in [0.15, 0.2) is 24.3 Å². The molecule has 0 aliphatic carbocycles. The van der Waals surface area contributed by atoms with Gasteiger partial charge in [-0.1, -0.05) is 18.2 Å². The van der Waals surface area contributed by atoms with Crippen molar-refractivity contribution in [2.45, 2.75) is 18.6 Å². The first-order valence-electron chi connectivity index (χ1n) is 4.86. The van der Waals surface area contributed by atoms with Crippen molar-refractivity contribution in [1.82, 2.24) is 4.90 Å². The maximum Gasteiger partial charge on any atom is 0.210 e. The molecule has 1 aliphatic heterocycles. The van der Waals surface area contributed by atoms with Crippen molar-refractivity contribution in [1.29, 1.82) is 0 Å². The highest BCUT2D eigenvalue weighted by molar-refractivity contribution is 5.50. The Balaban J connectivity index is 2.30. The Hall–Kier alpha value is -1.42. The molecule has 1 aromatic carbocycles. The Labute approximate surface area is 87.1 Å². The quantitative estimate of drug-likeness (QED) is 0.741. The highest BCUT2D eigenvalue weighted by atomic mass is 19.1. The predicted molar refractivity (Wildman–Crippen MR) is 52.5 cm³/mol. The molecule has 1 aromatic rings. The molecule has 2 rings (SSSR count). The summed E-state index contributed by atoms with van der Waals surface area (Å²) in [5.41, 5.74) is 0.473. The van der Waals surface area contributed by atoms with E-state index < -0.39 is 6.10 Å². The third-order valence-electron chi connectivity index (χ3n) is 2.72. The average molecular weight is 209 g/mol. The second-order valence-corrected chi connectivity index (χ2v) is 3.73. The maximum atomic E-state index is 13.5. The van der Waals surface area contributed by atoms with Crippen molar-refractivity contribution >= 4 is 6.41 Å². The standard InChI is InChI=1S/C11H12FNO2/c12-10-4-2-1-3-9(10)11-5-8(15)6-13(11)7-14/h1-4,7-8,11,15H,5-6H2/t8?,11-/m1/s1. The summed E-state index contributed by atoms with van der Waals surface area (Å²) >= 11 is 0. The van der Waals surface area contributed by atoms with Gasteiger partial charge >= 0.3 is 0 Å². The summed E-state index contributed by atoms with van der Waals surface area (Å²) in [6.45, 7) is 0.280. The first-order valence-corrected chi connectivity index (χ1v) is 4.86. The molecule has 0 spiro atoms. The minimum Gasteiger partial charge on any atom is -0.391 e. The molecule has 1 N–H and O–H groups in total. The summed E-state index contributed by atoms with van der Waals surface area (Å²) in [7, 11) is 0. The molecule has 4 heteroatoms. The van der Waals surface area contributed by atoms with Crippen LogP contribution in [-0.4, -0.2) is 29.1 Å². The van der Waals surface area contributed by atoms with E-state index in [4.69, 9.17) is 0 Å². The van der Waals surface area contributed by atoms with Crippen LogP contribution in [0, 0.1) is 5.82 Å². The van der Waals surface area contributed by atoms with Crippen molar-refractivity contribution in [3.05, 3.63) is 35.6 Å². The van der Waals surface area contributed by atoms with Crippen LogP contribution in [0.2, 0.25) is 0 Å². The zero-order valence-electron chi connectivity index (χ0n) is 8.14. The van der Waals surface area contributed by atoms with E-state index in [1.165, 1.54) is 11.0 Å². The SMILES string of the molecule is O=CN1CC(O)C[C@@H]1c1ccccc1F. The van der Waals surface area contributed by atoms with Gasteiger partial charge in [0.2, 0.25) is 6.41 Å². The van der Waals surface area contributed by atoms with E-state index in [1.54, 1.807) is 18.2 Å². The lowest BCUT2D eigenvalue weighted by Crippen LogP contribution is -2.23. The Kier molecular flexibility index (Phi) is 2.68. The Morgan fingerprint density at radius 3 is 2.87 bits per heavy atom. The fourth-order valence-electron chi connectivity index (χ4n) is 2.01. The average Bonchev–Trinajstić information content (AvgIpc) is 2.60. The van der Waals surface area contributed by atoms with Gasteiger partial charge in [-0.2, -0.15) is 0 Å². The number of carbonyl (C=O) groups excluding carboxylic acids is 1. The van der Waals surface area contributed by atoms with E-state index in [0.29, 0.717) is 18.4 Å². The molecule has 0 aromatic heterocycles. The van der Waals surface area contributed by atoms with Crippen LogP contribution in [0.25, 0.3) is 0 Å². The lowest BCUT2D eigenvalue weighted by Gasteiger charge is -2.19. The number of rotatable bonds is 2. The number of nitrogens with zero attached hydrogens (tertiary/aromatic N) is 1. The summed E-state index contributed by atoms with van der Waals surface area (Å²) in [4.78, 5) is 12.2. The van der Waals surface area contributed by atoms with E-state index in [0.717, 1.165) is 0 Å². The van der Waals surface area contributed by atoms with Crippen molar-refractivity contribution in [2.75, 3.05) is 6.54 Å². The second kappa shape index (κ2) is 3.98. The van der Waals surface area contributed by atoms with Gasteiger partial charge in [0.15, 0.2) is 0 Å². The molecule has 1 aliphatic rings. The van der Waals surface area contributed by atoms with Crippen molar-refractivity contribution in [3.63, 3.8) is 0 Å². The van der Waals surface area contributed by atoms with Gasteiger partial charge in [0.25, 0.3) is 0 Å². The van der Waals surface area contributed by atoms with Gasteiger partial charge in [0, 0.05) is 12.1 Å². The third-order valence-corrected chi connectivity index (χ3v) is 2.72. The first kappa shape index (κ1) is 10.1. The van der Waals surface area contributed by atoms with Crippen LogP contribution in [-0.2, 0) is 4.79 Å². The number of benzene rings is 1. The van der Waals surface area contributed by atoms with Crippen LogP contribution < -0.4 is 0 Å². The fraction of sp³-hybridized carbons (Fsp3) is 0.364. The molecule has 15 heavy (non-hydrogen) atoms. The van der Waals surface area contributed by atoms with Gasteiger partial charge in [0.1, 0.15) is 5.82 Å². The monoisotopic (exact) mass is 209 g/mol. The molecular formula is C11H12FNO2. The smallest absolute Gasteiger partial charge is 0.210 e. The number of hydrogen-bond acceptors (Lipinski definition) is 2. The predicted octanol–water partition coefficient (Wildman–Crippen LogP) is 1.09. The highest BCUT2D eigenvalue weighted by Crippen LogP contribution is 2.32. The summed E-state index contributed by atoms with van der Waals surface area (Å²) in [6, 6.07) is 6.01. The number of amides is 1. The largest absolute Gasteiger partial charge is 0.391 e. The number of aliphatic hydroxyl groups excluding tert-OH is 1. The van der Waals surface area contributed by atoms with E-state index in [9.17, 15) is 14.3 Å². The zero-order chi connectivity index (χ0) is 10.8. The first-order chi connectivity index (χ1) is 7.22. The number of likely N-dealkylation sites (tertiary alicyclic amines) is 1. The number of halogens is 1. The molecule has 0 saturated carbocycles. The zero-order valence-corrected chi connectivity index (χ0v) is 8.14. The Bertz CT molecular complexity index is 369. The van der Waals surface area contributed by atoms with Gasteiger partial charge in [-0.3, -0.25) is 4.79 Å². The molecule has 3 nitrogen and oxygen atoms in total. The number of aliphatic hydroxyl groups is 1. The number of β-amino-alcohol motifs (C(OH)–C–C–N with tert-alkyl or cyclic N) is 1. The van der Waals surface area contributed by atoms with E-state index in [-0.39, 0.29) is 18.4 Å². The molecule has 2 atom stereocenters. The van der Waals surface area contributed by atoms with E-state index >= 15 is 0 Å². The van der Waals surface area contributed by atoms with Crippen LogP contribution >= 0.6 is 0 Å². The minimum atomic E-state index is -0.556. The molecule has 0 radical (unpaired) electrons. The summed E-state index contributed by atoms with van der Waals surface area (Å²) in [5.74, 6) is -0.330. The van der Waals surface area contributed by atoms with Crippen molar-refractivity contribution in [3.8, 4) is 0 Å². The van der Waals surface area contributed by atoms with Gasteiger partial charge in [0.05, 0.1) is 12.1 Å². The number of carbonyl (C=O) groups is 1. The summed E-state index contributed by atoms with van der Waals surface area (Å²) < 4.78 is 13.5. The van der Waals surface area contributed by atoms with Crippen LogP contribution in [0.5, 0.6) is 0 Å². The fourth-order valence-corrected chi connectivity index (χ4v) is 2.01. The summed E-state index contributed by atoms with van der Waals surface area (Å²) in [5, 5.41) is 9.43. The second-order valence-electron chi connectivity index (χ2n) is 3.73. The van der Waals surface area contributed by atoms with Crippen molar-refractivity contribution in [2.24, 2.45) is 0 Å². The topological polar surface area (TPSA) is 40.5 Å². The van der Waals surface area contributed by atoms with E-state index in [1.807, 2.05) is 0 Å². The van der Waals surface area contributed by atoms with Crippen LogP contribution in [0.3, 0.4) is 0 Å². The molecule has 1 saturated heterocycles. The molecule has 80 valence electrons. The van der Waals surface area contributed by atoms with Crippen molar-refractivity contribution < 1.29 is 14.3 Å². The molecular weight excluding hydrogens is 197 g/mol. The highest BCUT2D eigenvalue weighted by Gasteiger charge is 2.32. The number of hydrogen-bond donors (Lipinski definition) is 1. The minimum absolute atomic E-state index is 0.280. The van der Waals surface area contributed by atoms with Gasteiger partial charge in [-0.05, 0) is 12.5 Å². The summed E-state index contributed by atoms with van der Waals surface area (Å²) in [6.07, 6.45) is 0.507.